The van der Waals surface area contributed by atoms with Gasteiger partial charge in [-0.3, -0.25) is 0 Å². The third kappa shape index (κ3) is 2.73. The molecule has 0 saturated carbocycles. The number of benzene rings is 1. The van der Waals surface area contributed by atoms with Crippen molar-refractivity contribution in [1.82, 2.24) is 0 Å². The summed E-state index contributed by atoms with van der Waals surface area (Å²) in [6.07, 6.45) is 1.03. The van der Waals surface area contributed by atoms with Gasteiger partial charge in [-0.05, 0) is 31.0 Å². The van der Waals surface area contributed by atoms with Crippen LogP contribution in [0.25, 0.3) is 0 Å². The fourth-order valence-corrected chi connectivity index (χ4v) is 2.57. The van der Waals surface area contributed by atoms with Crippen LogP contribution in [0.4, 0.5) is 5.69 Å². The zero-order valence-electron chi connectivity index (χ0n) is 10.1. The number of aliphatic hydroxyl groups is 1. The second-order valence-corrected chi connectivity index (χ2v) is 5.19. The maximum atomic E-state index is 9.14. The topological polar surface area (TPSA) is 49.5 Å². The SMILES string of the molecule is C[C@H](N)c1ccc(N2CCC(CO)C2)c(Cl)c1. The van der Waals surface area contributed by atoms with Crippen LogP contribution < -0.4 is 10.6 Å². The summed E-state index contributed by atoms with van der Waals surface area (Å²) in [5, 5.41) is 9.89. The summed E-state index contributed by atoms with van der Waals surface area (Å²) >= 11 is 6.28. The molecule has 1 saturated heterocycles. The molecule has 1 heterocycles. The Morgan fingerprint density at radius 3 is 2.88 bits per heavy atom. The molecule has 2 rings (SSSR count). The molecule has 1 aliphatic heterocycles. The van der Waals surface area contributed by atoms with Crippen LogP contribution in [0, 0.1) is 5.92 Å². The van der Waals surface area contributed by atoms with E-state index in [4.69, 9.17) is 22.4 Å². The number of rotatable bonds is 3. The molecule has 94 valence electrons. The van der Waals surface area contributed by atoms with Crippen molar-refractivity contribution >= 4 is 17.3 Å². The van der Waals surface area contributed by atoms with Crippen molar-refractivity contribution < 1.29 is 5.11 Å². The first-order valence-corrected chi connectivity index (χ1v) is 6.40. The van der Waals surface area contributed by atoms with Gasteiger partial charge in [0, 0.05) is 31.7 Å². The summed E-state index contributed by atoms with van der Waals surface area (Å²) in [5.41, 5.74) is 7.93. The lowest BCUT2D eigenvalue weighted by Crippen LogP contribution is -2.21. The third-order valence-electron chi connectivity index (χ3n) is 3.38. The number of nitrogens with zero attached hydrogens (tertiary/aromatic N) is 1. The molecule has 0 aliphatic carbocycles. The summed E-state index contributed by atoms with van der Waals surface area (Å²) in [6.45, 7) is 4.05. The Labute approximate surface area is 107 Å². The predicted molar refractivity (Wildman–Crippen MR) is 71.5 cm³/mol. The van der Waals surface area contributed by atoms with Crippen molar-refractivity contribution in [3.8, 4) is 0 Å². The summed E-state index contributed by atoms with van der Waals surface area (Å²) in [6, 6.07) is 6.00. The molecule has 0 amide bonds. The number of hydrogen-bond acceptors (Lipinski definition) is 3. The first kappa shape index (κ1) is 12.7. The number of halogens is 1. The van der Waals surface area contributed by atoms with Crippen molar-refractivity contribution in [3.63, 3.8) is 0 Å². The van der Waals surface area contributed by atoms with Gasteiger partial charge in [0.25, 0.3) is 0 Å². The Morgan fingerprint density at radius 2 is 2.35 bits per heavy atom. The van der Waals surface area contributed by atoms with E-state index >= 15 is 0 Å². The second kappa shape index (κ2) is 5.25. The average molecular weight is 255 g/mol. The van der Waals surface area contributed by atoms with Gasteiger partial charge in [-0.15, -0.1) is 0 Å². The number of nitrogens with two attached hydrogens (primary N) is 1. The second-order valence-electron chi connectivity index (χ2n) is 4.78. The summed E-state index contributed by atoms with van der Waals surface area (Å²) in [4.78, 5) is 2.23. The quantitative estimate of drug-likeness (QED) is 0.869. The van der Waals surface area contributed by atoms with Crippen LogP contribution in [-0.2, 0) is 0 Å². The zero-order valence-corrected chi connectivity index (χ0v) is 10.8. The van der Waals surface area contributed by atoms with Crippen molar-refractivity contribution in [2.75, 3.05) is 24.6 Å². The van der Waals surface area contributed by atoms with E-state index in [1.807, 2.05) is 25.1 Å². The van der Waals surface area contributed by atoms with Gasteiger partial charge in [0.1, 0.15) is 0 Å². The number of hydrogen-bond donors (Lipinski definition) is 2. The van der Waals surface area contributed by atoms with Crippen LogP contribution in [0.15, 0.2) is 18.2 Å². The lowest BCUT2D eigenvalue weighted by molar-refractivity contribution is 0.238. The largest absolute Gasteiger partial charge is 0.396 e. The van der Waals surface area contributed by atoms with E-state index in [0.29, 0.717) is 5.92 Å². The standard InChI is InChI=1S/C13H19ClN2O/c1-9(15)11-2-3-13(12(14)6-11)16-5-4-10(7-16)8-17/h2-3,6,9-10,17H,4-5,7-8,15H2,1H3/t9-,10?/m0/s1. The number of anilines is 1. The first-order valence-electron chi connectivity index (χ1n) is 6.02. The van der Waals surface area contributed by atoms with Crippen LogP contribution in [0.2, 0.25) is 5.02 Å². The highest BCUT2D eigenvalue weighted by molar-refractivity contribution is 6.33. The average Bonchev–Trinajstić information content (AvgIpc) is 2.77. The summed E-state index contributed by atoms with van der Waals surface area (Å²) in [7, 11) is 0. The van der Waals surface area contributed by atoms with E-state index in [1.165, 1.54) is 0 Å². The van der Waals surface area contributed by atoms with Crippen LogP contribution >= 0.6 is 11.6 Å². The number of aliphatic hydroxyl groups excluding tert-OH is 1. The van der Waals surface area contributed by atoms with Gasteiger partial charge < -0.3 is 15.7 Å². The molecule has 2 atom stereocenters. The molecule has 3 nitrogen and oxygen atoms in total. The van der Waals surface area contributed by atoms with Crippen LogP contribution in [0.5, 0.6) is 0 Å². The Bertz CT molecular complexity index is 395. The molecule has 0 radical (unpaired) electrons. The van der Waals surface area contributed by atoms with Crippen molar-refractivity contribution in [1.29, 1.82) is 0 Å². The van der Waals surface area contributed by atoms with Gasteiger partial charge in [-0.1, -0.05) is 17.7 Å². The molecule has 1 aliphatic rings. The summed E-state index contributed by atoms with van der Waals surface area (Å²) in [5.74, 6) is 0.374. The van der Waals surface area contributed by atoms with Gasteiger partial charge in [0.2, 0.25) is 0 Å². The molecule has 3 N–H and O–H groups in total. The van der Waals surface area contributed by atoms with Crippen molar-refractivity contribution in [3.05, 3.63) is 28.8 Å². The Balaban J connectivity index is 2.17. The maximum absolute atomic E-state index is 9.14. The minimum absolute atomic E-state index is 0.00492. The van der Waals surface area contributed by atoms with Gasteiger partial charge in [0.15, 0.2) is 0 Å². The Kier molecular flexibility index (Phi) is 3.92. The molecule has 0 spiro atoms. The van der Waals surface area contributed by atoms with Gasteiger partial charge >= 0.3 is 0 Å². The van der Waals surface area contributed by atoms with E-state index < -0.39 is 0 Å². The summed E-state index contributed by atoms with van der Waals surface area (Å²) < 4.78 is 0. The fourth-order valence-electron chi connectivity index (χ4n) is 2.26. The lowest BCUT2D eigenvalue weighted by atomic mass is 10.1. The van der Waals surface area contributed by atoms with Gasteiger partial charge in [-0.25, -0.2) is 0 Å². The van der Waals surface area contributed by atoms with Gasteiger partial charge in [-0.2, -0.15) is 0 Å². The van der Waals surface area contributed by atoms with Crippen LogP contribution in [-0.4, -0.2) is 24.8 Å². The molecule has 1 aromatic rings. The van der Waals surface area contributed by atoms with E-state index in [9.17, 15) is 0 Å². The van der Waals surface area contributed by atoms with E-state index in [0.717, 1.165) is 35.8 Å². The van der Waals surface area contributed by atoms with Gasteiger partial charge in [0.05, 0.1) is 10.7 Å². The molecular weight excluding hydrogens is 236 g/mol. The Hall–Kier alpha value is -0.770. The zero-order chi connectivity index (χ0) is 12.4. The molecule has 17 heavy (non-hydrogen) atoms. The van der Waals surface area contributed by atoms with Crippen molar-refractivity contribution in [2.24, 2.45) is 11.7 Å². The normalized spacial score (nSPS) is 21.9. The van der Waals surface area contributed by atoms with Crippen molar-refractivity contribution in [2.45, 2.75) is 19.4 Å². The lowest BCUT2D eigenvalue weighted by Gasteiger charge is -2.21. The Morgan fingerprint density at radius 1 is 1.59 bits per heavy atom. The maximum Gasteiger partial charge on any atom is 0.0642 e. The molecule has 0 aromatic heterocycles. The highest BCUT2D eigenvalue weighted by Crippen LogP contribution is 2.32. The smallest absolute Gasteiger partial charge is 0.0642 e. The fraction of sp³-hybridized carbons (Fsp3) is 0.538. The van der Waals surface area contributed by atoms with Crippen LogP contribution in [0.3, 0.4) is 0 Å². The van der Waals surface area contributed by atoms with E-state index in [1.54, 1.807) is 0 Å². The molecule has 1 fully saturated rings. The highest BCUT2D eigenvalue weighted by Gasteiger charge is 2.23. The molecule has 4 heteroatoms. The minimum atomic E-state index is 0.00492. The molecule has 1 unspecified atom stereocenters. The molecule has 1 aromatic carbocycles. The predicted octanol–water partition coefficient (Wildman–Crippen LogP) is 2.18. The minimum Gasteiger partial charge on any atom is -0.396 e. The highest BCUT2D eigenvalue weighted by atomic mass is 35.5. The van der Waals surface area contributed by atoms with E-state index in [2.05, 4.69) is 4.90 Å². The van der Waals surface area contributed by atoms with Crippen LogP contribution in [0.1, 0.15) is 24.9 Å². The molecule has 0 bridgehead atoms. The third-order valence-corrected chi connectivity index (χ3v) is 3.68. The monoisotopic (exact) mass is 254 g/mol. The first-order chi connectivity index (χ1) is 8.11. The molecular formula is C13H19ClN2O. The van der Waals surface area contributed by atoms with E-state index in [-0.39, 0.29) is 12.6 Å².